The molecular formula is C19H17Cl2N3O3S. The number of hydrogen-bond acceptors (Lipinski definition) is 5. The lowest BCUT2D eigenvalue weighted by atomic mass is 10.0. The first kappa shape index (κ1) is 20.4. The van der Waals surface area contributed by atoms with E-state index >= 15 is 0 Å². The maximum absolute atomic E-state index is 12.1. The van der Waals surface area contributed by atoms with E-state index in [2.05, 4.69) is 15.0 Å². The Balaban J connectivity index is 2.11. The summed E-state index contributed by atoms with van der Waals surface area (Å²) in [5.74, 6) is 0.487. The summed E-state index contributed by atoms with van der Waals surface area (Å²) in [7, 11) is -3.32. The number of sulfone groups is 1. The van der Waals surface area contributed by atoms with Gasteiger partial charge >= 0.3 is 0 Å². The second kappa shape index (κ2) is 8.34. The zero-order valence-corrected chi connectivity index (χ0v) is 17.2. The molecule has 2 N–H and O–H groups in total. The summed E-state index contributed by atoms with van der Waals surface area (Å²) in [6.45, 7) is 1.81. The highest BCUT2D eigenvalue weighted by Crippen LogP contribution is 2.33. The first-order valence-corrected chi connectivity index (χ1v) is 10.8. The van der Waals surface area contributed by atoms with Crippen molar-refractivity contribution in [3.63, 3.8) is 0 Å². The number of H-pyrrole nitrogens is 1. The minimum absolute atomic E-state index is 0.0104. The van der Waals surface area contributed by atoms with E-state index in [1.807, 2.05) is 0 Å². The van der Waals surface area contributed by atoms with Gasteiger partial charge in [0.05, 0.1) is 27.9 Å². The van der Waals surface area contributed by atoms with Crippen LogP contribution in [0, 0.1) is 0 Å². The van der Waals surface area contributed by atoms with Gasteiger partial charge in [0.2, 0.25) is 0 Å². The van der Waals surface area contributed by atoms with Crippen LogP contribution in [0.4, 0.5) is 0 Å². The molecule has 2 aromatic carbocycles. The van der Waals surface area contributed by atoms with Crippen molar-refractivity contribution in [2.24, 2.45) is 4.99 Å². The largest absolute Gasteiger partial charge is 0.506 e. The number of phenols is 1. The normalized spacial score (nSPS) is 12.3. The monoisotopic (exact) mass is 437 g/mol. The minimum Gasteiger partial charge on any atom is -0.506 e. The highest BCUT2D eigenvalue weighted by molar-refractivity contribution is 7.91. The molecule has 0 spiro atoms. The van der Waals surface area contributed by atoms with Crippen LogP contribution in [0.25, 0.3) is 0 Å². The van der Waals surface area contributed by atoms with E-state index in [-0.39, 0.29) is 28.0 Å². The predicted molar refractivity (Wildman–Crippen MR) is 110 cm³/mol. The summed E-state index contributed by atoms with van der Waals surface area (Å²) in [5.41, 5.74) is 1.36. The van der Waals surface area contributed by atoms with Gasteiger partial charge in [0.1, 0.15) is 11.6 Å². The number of hydrogen-bond donors (Lipinski definition) is 2. The van der Waals surface area contributed by atoms with E-state index in [0.29, 0.717) is 27.7 Å². The number of aliphatic imine (C=N–C) groups is 1. The van der Waals surface area contributed by atoms with Crippen LogP contribution in [0.15, 0.2) is 58.7 Å². The second-order valence-electron chi connectivity index (χ2n) is 5.91. The molecule has 0 saturated carbocycles. The number of imidazole rings is 1. The van der Waals surface area contributed by atoms with Crippen LogP contribution in [0.2, 0.25) is 10.0 Å². The van der Waals surface area contributed by atoms with Gasteiger partial charge in [-0.05, 0) is 24.3 Å². The Hall–Kier alpha value is -2.35. The number of rotatable bonds is 6. The van der Waals surface area contributed by atoms with Gasteiger partial charge in [0.25, 0.3) is 0 Å². The molecule has 6 nitrogen and oxygen atoms in total. The van der Waals surface area contributed by atoms with Crippen molar-refractivity contribution in [3.05, 3.63) is 75.8 Å². The molecule has 1 aromatic heterocycles. The van der Waals surface area contributed by atoms with E-state index in [0.717, 1.165) is 0 Å². The molecule has 0 saturated heterocycles. The van der Waals surface area contributed by atoms with E-state index < -0.39 is 9.84 Å². The predicted octanol–water partition coefficient (Wildman–Crippen LogP) is 4.25. The second-order valence-corrected chi connectivity index (χ2v) is 9.03. The van der Waals surface area contributed by atoms with Gasteiger partial charge in [0, 0.05) is 28.5 Å². The van der Waals surface area contributed by atoms with Gasteiger partial charge in [-0.15, -0.1) is 0 Å². The Labute approximate surface area is 172 Å². The molecule has 3 rings (SSSR count). The number of halogens is 2. The van der Waals surface area contributed by atoms with Gasteiger partial charge in [-0.3, -0.25) is 4.99 Å². The van der Waals surface area contributed by atoms with Crippen molar-refractivity contribution in [1.82, 2.24) is 9.97 Å². The number of nitrogens with one attached hydrogen (secondary N) is 1. The van der Waals surface area contributed by atoms with Crippen LogP contribution in [0.1, 0.15) is 23.9 Å². The SMILES string of the molecule is CCS(=O)(=O)c1ccc(/C(=N\Cc2ncc[nH]2)c2cc(Cl)cc(Cl)c2O)cc1. The highest BCUT2D eigenvalue weighted by Gasteiger charge is 2.17. The molecule has 0 unspecified atom stereocenters. The third kappa shape index (κ3) is 4.38. The lowest BCUT2D eigenvalue weighted by Gasteiger charge is -2.12. The lowest BCUT2D eigenvalue weighted by molar-refractivity contribution is 0.474. The van der Waals surface area contributed by atoms with Gasteiger partial charge in [0.15, 0.2) is 9.84 Å². The molecule has 28 heavy (non-hydrogen) atoms. The van der Waals surface area contributed by atoms with Crippen molar-refractivity contribution in [1.29, 1.82) is 0 Å². The summed E-state index contributed by atoms with van der Waals surface area (Å²) in [6, 6.07) is 9.29. The van der Waals surface area contributed by atoms with Crippen LogP contribution >= 0.6 is 23.2 Å². The molecule has 3 aromatic rings. The molecule has 0 aliphatic heterocycles. The summed E-state index contributed by atoms with van der Waals surface area (Å²) in [6.07, 6.45) is 3.30. The molecule has 0 aliphatic rings. The van der Waals surface area contributed by atoms with E-state index in [1.165, 1.54) is 18.2 Å². The van der Waals surface area contributed by atoms with Gasteiger partial charge in [-0.2, -0.15) is 0 Å². The Morgan fingerprint density at radius 1 is 1.21 bits per heavy atom. The maximum atomic E-state index is 12.1. The fourth-order valence-corrected chi connectivity index (χ4v) is 3.98. The Bertz CT molecular complexity index is 1110. The summed E-state index contributed by atoms with van der Waals surface area (Å²) in [5, 5.41) is 10.9. The zero-order valence-electron chi connectivity index (χ0n) is 14.9. The average Bonchev–Trinajstić information content (AvgIpc) is 3.19. The number of phenolic OH excluding ortho intramolecular Hbond substituents is 1. The van der Waals surface area contributed by atoms with E-state index in [1.54, 1.807) is 37.5 Å². The van der Waals surface area contributed by atoms with E-state index in [9.17, 15) is 13.5 Å². The van der Waals surface area contributed by atoms with Crippen molar-refractivity contribution in [2.75, 3.05) is 5.75 Å². The number of nitrogens with zero attached hydrogens (tertiary/aromatic N) is 2. The Kier molecular flexibility index (Phi) is 6.07. The molecule has 0 fully saturated rings. The highest BCUT2D eigenvalue weighted by atomic mass is 35.5. The van der Waals surface area contributed by atoms with Gasteiger partial charge in [-0.25, -0.2) is 13.4 Å². The number of aromatic hydroxyl groups is 1. The van der Waals surface area contributed by atoms with Crippen LogP contribution in [0.5, 0.6) is 5.75 Å². The molecule has 0 bridgehead atoms. The lowest BCUT2D eigenvalue weighted by Crippen LogP contribution is -2.08. The maximum Gasteiger partial charge on any atom is 0.178 e. The fourth-order valence-electron chi connectivity index (χ4n) is 2.60. The minimum atomic E-state index is -3.32. The Morgan fingerprint density at radius 3 is 2.54 bits per heavy atom. The zero-order chi connectivity index (χ0) is 20.3. The average molecular weight is 438 g/mol. The molecule has 146 valence electrons. The molecule has 0 amide bonds. The molecule has 9 heteroatoms. The first-order chi connectivity index (χ1) is 13.3. The van der Waals surface area contributed by atoms with Crippen LogP contribution in [-0.2, 0) is 16.4 Å². The molecule has 0 aliphatic carbocycles. The fraction of sp³-hybridized carbons (Fsp3) is 0.158. The van der Waals surface area contributed by atoms with Crippen molar-refractivity contribution < 1.29 is 13.5 Å². The molecule has 1 heterocycles. The van der Waals surface area contributed by atoms with Crippen molar-refractivity contribution in [3.8, 4) is 5.75 Å². The number of benzene rings is 2. The first-order valence-electron chi connectivity index (χ1n) is 8.36. The van der Waals surface area contributed by atoms with Gasteiger partial charge in [-0.1, -0.05) is 42.3 Å². The summed E-state index contributed by atoms with van der Waals surface area (Å²) >= 11 is 12.2. The molecule has 0 radical (unpaired) electrons. The summed E-state index contributed by atoms with van der Waals surface area (Å²) < 4.78 is 24.1. The summed E-state index contributed by atoms with van der Waals surface area (Å²) in [4.78, 5) is 11.9. The van der Waals surface area contributed by atoms with Crippen molar-refractivity contribution >= 4 is 38.8 Å². The topological polar surface area (TPSA) is 95.4 Å². The van der Waals surface area contributed by atoms with E-state index in [4.69, 9.17) is 23.2 Å². The third-order valence-electron chi connectivity index (χ3n) is 4.09. The molecular weight excluding hydrogens is 421 g/mol. The number of aromatic nitrogens is 2. The smallest absolute Gasteiger partial charge is 0.178 e. The van der Waals surface area contributed by atoms with Crippen LogP contribution in [-0.4, -0.2) is 35.0 Å². The van der Waals surface area contributed by atoms with Gasteiger partial charge < -0.3 is 10.1 Å². The molecule has 0 atom stereocenters. The standard InChI is InChI=1S/C19H17Cl2N3O3S/c1-2-28(26,27)14-5-3-12(4-6-14)18(24-11-17-22-7-8-23-17)15-9-13(20)10-16(21)19(15)25/h3-10,25H,2,11H2,1H3,(H,22,23)/b24-18+. The van der Waals surface area contributed by atoms with Crippen molar-refractivity contribution in [2.45, 2.75) is 18.4 Å². The third-order valence-corrected chi connectivity index (χ3v) is 6.35. The van der Waals surface area contributed by atoms with Crippen LogP contribution in [0.3, 0.4) is 0 Å². The van der Waals surface area contributed by atoms with Crippen LogP contribution < -0.4 is 0 Å². The number of aromatic amines is 1. The Morgan fingerprint density at radius 2 is 1.93 bits per heavy atom. The quantitative estimate of drug-likeness (QED) is 0.563.